The first kappa shape index (κ1) is 16.6. The highest BCUT2D eigenvalue weighted by Crippen LogP contribution is 2.29. The molecule has 1 fully saturated rings. The average molecular weight is 350 g/mol. The first-order chi connectivity index (χ1) is 12.7. The summed E-state index contributed by atoms with van der Waals surface area (Å²) in [5.41, 5.74) is 1.85. The minimum Gasteiger partial charge on any atom is -0.506 e. The molecular formula is C20H22N4O2. The van der Waals surface area contributed by atoms with Gasteiger partial charge in [0.25, 0.3) is 0 Å². The zero-order chi connectivity index (χ0) is 17.9. The largest absolute Gasteiger partial charge is 0.506 e. The van der Waals surface area contributed by atoms with E-state index in [2.05, 4.69) is 26.9 Å². The van der Waals surface area contributed by atoms with E-state index in [4.69, 9.17) is 4.52 Å². The number of anilines is 1. The van der Waals surface area contributed by atoms with E-state index in [1.807, 2.05) is 48.5 Å². The third-order valence-electron chi connectivity index (χ3n) is 4.92. The topological polar surface area (TPSA) is 65.6 Å². The van der Waals surface area contributed by atoms with Crippen molar-refractivity contribution < 1.29 is 9.63 Å². The highest BCUT2D eigenvalue weighted by Gasteiger charge is 2.26. The quantitative estimate of drug-likeness (QED) is 0.779. The lowest BCUT2D eigenvalue weighted by Gasteiger charge is -2.38. The third-order valence-corrected chi connectivity index (χ3v) is 4.92. The second-order valence-corrected chi connectivity index (χ2v) is 6.51. The summed E-state index contributed by atoms with van der Waals surface area (Å²) in [6, 6.07) is 17.4. The summed E-state index contributed by atoms with van der Waals surface area (Å²) in [6.45, 7) is 5.54. The molecule has 0 radical (unpaired) electrons. The summed E-state index contributed by atoms with van der Waals surface area (Å²) in [6.07, 6.45) is 0. The molecule has 0 aliphatic carbocycles. The molecule has 0 amide bonds. The van der Waals surface area contributed by atoms with Crippen LogP contribution in [-0.2, 0) is 0 Å². The van der Waals surface area contributed by atoms with Crippen molar-refractivity contribution in [2.75, 3.05) is 31.1 Å². The van der Waals surface area contributed by atoms with Crippen molar-refractivity contribution in [1.82, 2.24) is 15.0 Å². The number of piperazine rings is 1. The number of benzene rings is 2. The Morgan fingerprint density at radius 2 is 1.65 bits per heavy atom. The van der Waals surface area contributed by atoms with Crippen molar-refractivity contribution in [3.05, 3.63) is 60.5 Å². The van der Waals surface area contributed by atoms with Crippen LogP contribution in [0.2, 0.25) is 0 Å². The van der Waals surface area contributed by atoms with Crippen molar-refractivity contribution in [2.24, 2.45) is 0 Å². The first-order valence-corrected chi connectivity index (χ1v) is 8.88. The van der Waals surface area contributed by atoms with Crippen molar-refractivity contribution in [3.63, 3.8) is 0 Å². The molecule has 4 rings (SSSR count). The minimum atomic E-state index is 0.0616. The number of phenolic OH excluding ortho intramolecular Hbond substituents is 1. The van der Waals surface area contributed by atoms with Gasteiger partial charge in [0, 0.05) is 31.7 Å². The van der Waals surface area contributed by atoms with E-state index in [9.17, 15) is 5.11 Å². The Morgan fingerprint density at radius 1 is 0.962 bits per heavy atom. The molecule has 3 aromatic rings. The van der Waals surface area contributed by atoms with Crippen LogP contribution in [0.15, 0.2) is 59.1 Å². The maximum atomic E-state index is 10.0. The first-order valence-electron chi connectivity index (χ1n) is 8.88. The fourth-order valence-electron chi connectivity index (χ4n) is 3.35. The minimum absolute atomic E-state index is 0.0616. The molecule has 6 heteroatoms. The number of nitrogens with zero attached hydrogens (tertiary/aromatic N) is 4. The van der Waals surface area contributed by atoms with Gasteiger partial charge >= 0.3 is 0 Å². The summed E-state index contributed by atoms with van der Waals surface area (Å²) in [5, 5.41) is 14.2. The monoisotopic (exact) mass is 350 g/mol. The van der Waals surface area contributed by atoms with E-state index in [1.165, 1.54) is 0 Å². The van der Waals surface area contributed by atoms with Crippen LogP contribution in [0.3, 0.4) is 0 Å². The van der Waals surface area contributed by atoms with Crippen LogP contribution in [0.5, 0.6) is 5.75 Å². The smallest absolute Gasteiger partial charge is 0.244 e. The van der Waals surface area contributed by atoms with Crippen molar-refractivity contribution in [3.8, 4) is 17.1 Å². The standard InChI is InChI=1S/C20H22N4O2/c1-15(20-21-19(22-26-20)16-7-3-2-4-8-16)23-11-13-24(14-12-23)17-9-5-6-10-18(17)25/h2-10,15,25H,11-14H2,1H3. The second kappa shape index (κ2) is 7.17. The summed E-state index contributed by atoms with van der Waals surface area (Å²) in [7, 11) is 0. The molecule has 0 bridgehead atoms. The van der Waals surface area contributed by atoms with Crippen LogP contribution in [0.1, 0.15) is 18.9 Å². The maximum Gasteiger partial charge on any atom is 0.244 e. The van der Waals surface area contributed by atoms with E-state index >= 15 is 0 Å². The Hall–Kier alpha value is -2.86. The van der Waals surface area contributed by atoms with Crippen LogP contribution in [0.4, 0.5) is 5.69 Å². The molecule has 6 nitrogen and oxygen atoms in total. The molecule has 1 saturated heterocycles. The molecule has 1 aliphatic rings. The molecular weight excluding hydrogens is 328 g/mol. The van der Waals surface area contributed by atoms with Crippen molar-refractivity contribution in [2.45, 2.75) is 13.0 Å². The maximum absolute atomic E-state index is 10.0. The van der Waals surface area contributed by atoms with Crippen LogP contribution in [0, 0.1) is 0 Å². The van der Waals surface area contributed by atoms with E-state index in [-0.39, 0.29) is 6.04 Å². The van der Waals surface area contributed by atoms with Crippen LogP contribution < -0.4 is 4.90 Å². The number of para-hydroxylation sites is 2. The zero-order valence-corrected chi connectivity index (χ0v) is 14.7. The molecule has 134 valence electrons. The lowest BCUT2D eigenvalue weighted by molar-refractivity contribution is 0.164. The second-order valence-electron chi connectivity index (χ2n) is 6.51. The molecule has 2 aromatic carbocycles. The number of phenols is 1. The van der Waals surface area contributed by atoms with Crippen LogP contribution in [-0.4, -0.2) is 46.3 Å². The van der Waals surface area contributed by atoms with Gasteiger partial charge in [0.05, 0.1) is 11.7 Å². The highest BCUT2D eigenvalue weighted by atomic mass is 16.5. The molecule has 0 spiro atoms. The van der Waals surface area contributed by atoms with Gasteiger partial charge in [-0.05, 0) is 19.1 Å². The normalized spacial score (nSPS) is 16.6. The number of hydrogen-bond donors (Lipinski definition) is 1. The van der Waals surface area contributed by atoms with Crippen LogP contribution >= 0.6 is 0 Å². The molecule has 1 aliphatic heterocycles. The van der Waals surface area contributed by atoms with Gasteiger partial charge in [0.2, 0.25) is 11.7 Å². The molecule has 1 N–H and O–H groups in total. The van der Waals surface area contributed by atoms with E-state index in [1.54, 1.807) is 6.07 Å². The summed E-state index contributed by atoms with van der Waals surface area (Å²) in [5.74, 6) is 1.60. The van der Waals surface area contributed by atoms with Gasteiger partial charge in [-0.2, -0.15) is 4.98 Å². The van der Waals surface area contributed by atoms with Crippen molar-refractivity contribution in [1.29, 1.82) is 0 Å². The van der Waals surface area contributed by atoms with Gasteiger partial charge in [-0.15, -0.1) is 0 Å². The SMILES string of the molecule is CC(c1nc(-c2ccccc2)no1)N1CCN(c2ccccc2O)CC1. The summed E-state index contributed by atoms with van der Waals surface area (Å²) in [4.78, 5) is 9.12. The summed E-state index contributed by atoms with van der Waals surface area (Å²) < 4.78 is 5.51. The average Bonchev–Trinajstić information content (AvgIpc) is 3.19. The van der Waals surface area contributed by atoms with Gasteiger partial charge < -0.3 is 14.5 Å². The molecule has 1 atom stereocenters. The number of aromatic hydroxyl groups is 1. The van der Waals surface area contributed by atoms with E-state index in [0.29, 0.717) is 17.5 Å². The molecule has 0 saturated carbocycles. The predicted molar refractivity (Wildman–Crippen MR) is 100 cm³/mol. The van der Waals surface area contributed by atoms with Crippen LogP contribution in [0.25, 0.3) is 11.4 Å². The van der Waals surface area contributed by atoms with Gasteiger partial charge in [-0.3, -0.25) is 4.90 Å². The van der Waals surface area contributed by atoms with E-state index in [0.717, 1.165) is 37.4 Å². The summed E-state index contributed by atoms with van der Waals surface area (Å²) >= 11 is 0. The Morgan fingerprint density at radius 3 is 2.38 bits per heavy atom. The molecule has 1 aromatic heterocycles. The fraction of sp³-hybridized carbons (Fsp3) is 0.300. The van der Waals surface area contributed by atoms with Crippen molar-refractivity contribution >= 4 is 5.69 Å². The predicted octanol–water partition coefficient (Wildman–Crippen LogP) is 3.33. The highest BCUT2D eigenvalue weighted by molar-refractivity contribution is 5.58. The lowest BCUT2D eigenvalue weighted by Crippen LogP contribution is -2.47. The Balaban J connectivity index is 1.42. The lowest BCUT2D eigenvalue weighted by atomic mass is 10.2. The molecule has 1 unspecified atom stereocenters. The van der Waals surface area contributed by atoms with Gasteiger partial charge in [-0.25, -0.2) is 0 Å². The molecule has 2 heterocycles. The van der Waals surface area contributed by atoms with Gasteiger partial charge in [0.1, 0.15) is 5.75 Å². The van der Waals surface area contributed by atoms with Gasteiger partial charge in [-0.1, -0.05) is 47.6 Å². The zero-order valence-electron chi connectivity index (χ0n) is 14.7. The number of hydrogen-bond acceptors (Lipinski definition) is 6. The number of rotatable bonds is 4. The molecule has 26 heavy (non-hydrogen) atoms. The van der Waals surface area contributed by atoms with E-state index < -0.39 is 0 Å². The number of aromatic nitrogens is 2. The Labute approximate surface area is 152 Å². The third kappa shape index (κ3) is 3.28. The Bertz CT molecular complexity index is 857. The van der Waals surface area contributed by atoms with Gasteiger partial charge in [0.15, 0.2) is 0 Å². The Kier molecular flexibility index (Phi) is 4.58. The fourth-order valence-corrected chi connectivity index (χ4v) is 3.35.